The summed E-state index contributed by atoms with van der Waals surface area (Å²) in [5.74, 6) is 2.37. The van der Waals surface area contributed by atoms with Crippen LogP contribution in [-0.2, 0) is 11.3 Å². The van der Waals surface area contributed by atoms with Gasteiger partial charge in [0.2, 0.25) is 5.91 Å². The summed E-state index contributed by atoms with van der Waals surface area (Å²) in [6.07, 6.45) is 7.37. The lowest BCUT2D eigenvalue weighted by Crippen LogP contribution is -2.45. The average Bonchev–Trinajstić information content (AvgIpc) is 3.03. The maximum Gasteiger partial charge on any atom is 0.231 e. The van der Waals surface area contributed by atoms with Gasteiger partial charge < -0.3 is 9.73 Å². The molecule has 2 aliphatic carbocycles. The zero-order valence-corrected chi connectivity index (χ0v) is 15.3. The van der Waals surface area contributed by atoms with E-state index in [4.69, 9.17) is 4.42 Å². The van der Waals surface area contributed by atoms with Crippen LogP contribution >= 0.6 is 11.8 Å². The molecule has 0 saturated heterocycles. The van der Waals surface area contributed by atoms with Crippen molar-refractivity contribution in [1.82, 2.24) is 20.1 Å². The summed E-state index contributed by atoms with van der Waals surface area (Å²) in [6.45, 7) is 0.567. The number of nitriles is 1. The first-order valence-corrected chi connectivity index (χ1v) is 9.98. The number of carbonyl (C=O) groups is 1. The highest BCUT2D eigenvalue weighted by Gasteiger charge is 2.35. The molecule has 8 heteroatoms. The number of hydrogen-bond acceptors (Lipinski definition) is 6. The Kier molecular flexibility index (Phi) is 4.72. The summed E-state index contributed by atoms with van der Waals surface area (Å²) in [6, 6.07) is 6.07. The van der Waals surface area contributed by atoms with Crippen molar-refractivity contribution >= 4 is 17.7 Å². The lowest BCUT2D eigenvalue weighted by molar-refractivity contribution is -0.119. The zero-order valence-electron chi connectivity index (χ0n) is 14.5. The van der Waals surface area contributed by atoms with Crippen molar-refractivity contribution in [3.63, 3.8) is 0 Å². The molecule has 0 spiro atoms. The molecule has 2 aromatic rings. The van der Waals surface area contributed by atoms with E-state index in [1.165, 1.54) is 11.8 Å². The fraction of sp³-hybridized carbons (Fsp3) is 0.556. The van der Waals surface area contributed by atoms with Gasteiger partial charge in [-0.05, 0) is 50.7 Å². The summed E-state index contributed by atoms with van der Waals surface area (Å²) >= 11 is 1.36. The smallest absolute Gasteiger partial charge is 0.231 e. The largest absolute Gasteiger partial charge is 0.467 e. The van der Waals surface area contributed by atoms with E-state index in [0.29, 0.717) is 12.5 Å². The molecule has 4 rings (SSSR count). The quantitative estimate of drug-likeness (QED) is 0.752. The number of nitrogens with one attached hydrogen (secondary N) is 1. The van der Waals surface area contributed by atoms with Gasteiger partial charge in [0, 0.05) is 5.92 Å². The van der Waals surface area contributed by atoms with E-state index in [-0.39, 0.29) is 11.7 Å². The minimum absolute atomic E-state index is 0.126. The summed E-state index contributed by atoms with van der Waals surface area (Å²) in [7, 11) is 0. The highest BCUT2D eigenvalue weighted by molar-refractivity contribution is 7.99. The van der Waals surface area contributed by atoms with Gasteiger partial charge in [0.25, 0.3) is 0 Å². The summed E-state index contributed by atoms with van der Waals surface area (Å²) < 4.78 is 7.50. The van der Waals surface area contributed by atoms with E-state index in [0.717, 1.165) is 55.3 Å². The van der Waals surface area contributed by atoms with Crippen molar-refractivity contribution in [2.24, 2.45) is 0 Å². The number of carbonyl (C=O) groups excluding carboxylic acids is 1. The van der Waals surface area contributed by atoms with Crippen LogP contribution in [0.25, 0.3) is 0 Å². The van der Waals surface area contributed by atoms with E-state index in [1.807, 2.05) is 16.7 Å². The van der Waals surface area contributed by atoms with Gasteiger partial charge in [0.05, 0.1) is 24.6 Å². The van der Waals surface area contributed by atoms with Gasteiger partial charge in [-0.25, -0.2) is 0 Å². The minimum atomic E-state index is -0.682. The first kappa shape index (κ1) is 17.2. The van der Waals surface area contributed by atoms with E-state index >= 15 is 0 Å². The first-order valence-electron chi connectivity index (χ1n) is 9.00. The van der Waals surface area contributed by atoms with E-state index < -0.39 is 5.54 Å². The molecular formula is C18H21N5O2S. The van der Waals surface area contributed by atoms with E-state index in [2.05, 4.69) is 21.6 Å². The SMILES string of the molecule is N#CC1(NC(=O)CSc2nnc(C3CC3)n2Cc2ccco2)CCCC1. The second-order valence-corrected chi connectivity index (χ2v) is 7.96. The Labute approximate surface area is 156 Å². The molecule has 0 radical (unpaired) electrons. The van der Waals surface area contributed by atoms with Crippen molar-refractivity contribution < 1.29 is 9.21 Å². The van der Waals surface area contributed by atoms with Gasteiger partial charge in [-0.15, -0.1) is 10.2 Å². The number of hydrogen-bond donors (Lipinski definition) is 1. The molecule has 1 amide bonds. The first-order chi connectivity index (χ1) is 12.7. The maximum absolute atomic E-state index is 12.4. The number of rotatable bonds is 7. The standard InChI is InChI=1S/C18H21N5O2S/c19-12-18(7-1-2-8-18)20-15(24)11-26-17-22-21-16(13-5-6-13)23(17)10-14-4-3-9-25-14/h3-4,9,13H,1-2,5-8,10-11H2,(H,20,24). The third-order valence-electron chi connectivity index (χ3n) is 4.96. The number of thioether (sulfide) groups is 1. The van der Waals surface area contributed by atoms with Crippen molar-refractivity contribution in [1.29, 1.82) is 5.26 Å². The van der Waals surface area contributed by atoms with Crippen molar-refractivity contribution in [2.75, 3.05) is 5.75 Å². The average molecular weight is 371 g/mol. The molecule has 26 heavy (non-hydrogen) atoms. The summed E-state index contributed by atoms with van der Waals surface area (Å²) in [5, 5.41) is 21.7. The van der Waals surface area contributed by atoms with Crippen molar-refractivity contribution in [3.8, 4) is 6.07 Å². The van der Waals surface area contributed by atoms with Gasteiger partial charge in [0.1, 0.15) is 17.1 Å². The van der Waals surface area contributed by atoms with Gasteiger partial charge in [-0.2, -0.15) is 5.26 Å². The topological polar surface area (TPSA) is 96.7 Å². The second kappa shape index (κ2) is 7.16. The normalized spacial score (nSPS) is 18.6. The molecule has 0 bridgehead atoms. The molecule has 7 nitrogen and oxygen atoms in total. The Hall–Kier alpha value is -2.27. The summed E-state index contributed by atoms with van der Waals surface area (Å²) in [4.78, 5) is 12.4. The third-order valence-corrected chi connectivity index (χ3v) is 5.93. The molecule has 0 aliphatic heterocycles. The molecule has 2 heterocycles. The van der Waals surface area contributed by atoms with Crippen LogP contribution in [-0.4, -0.2) is 32.0 Å². The number of amides is 1. The van der Waals surface area contributed by atoms with Crippen LogP contribution in [0.15, 0.2) is 28.0 Å². The predicted molar refractivity (Wildman–Crippen MR) is 95.5 cm³/mol. The predicted octanol–water partition coefficient (Wildman–Crippen LogP) is 2.84. The van der Waals surface area contributed by atoms with Gasteiger partial charge in [0.15, 0.2) is 5.16 Å². The van der Waals surface area contributed by atoms with Gasteiger partial charge in [-0.1, -0.05) is 11.8 Å². The number of nitrogens with zero attached hydrogens (tertiary/aromatic N) is 4. The Morgan fingerprint density at radius 1 is 1.42 bits per heavy atom. The lowest BCUT2D eigenvalue weighted by atomic mass is 10.0. The van der Waals surface area contributed by atoms with Crippen LogP contribution in [0.2, 0.25) is 0 Å². The third kappa shape index (κ3) is 3.63. The molecule has 2 aliphatic rings. The van der Waals surface area contributed by atoms with E-state index in [1.54, 1.807) is 6.26 Å². The van der Waals surface area contributed by atoms with Crippen molar-refractivity contribution in [3.05, 3.63) is 30.0 Å². The highest BCUT2D eigenvalue weighted by Crippen LogP contribution is 2.40. The Morgan fingerprint density at radius 3 is 2.88 bits per heavy atom. The second-order valence-electron chi connectivity index (χ2n) is 7.02. The molecule has 2 fully saturated rings. The zero-order chi connectivity index (χ0) is 18.0. The monoisotopic (exact) mass is 371 g/mol. The van der Waals surface area contributed by atoms with Gasteiger partial charge in [-0.3, -0.25) is 9.36 Å². The number of furan rings is 1. The molecule has 2 saturated carbocycles. The Morgan fingerprint density at radius 2 is 2.23 bits per heavy atom. The fourth-order valence-electron chi connectivity index (χ4n) is 3.43. The van der Waals surface area contributed by atoms with Crippen LogP contribution in [0.3, 0.4) is 0 Å². The van der Waals surface area contributed by atoms with Gasteiger partial charge >= 0.3 is 0 Å². The van der Waals surface area contributed by atoms with Crippen LogP contribution < -0.4 is 5.32 Å². The molecule has 0 aromatic carbocycles. The van der Waals surface area contributed by atoms with Crippen LogP contribution in [0.5, 0.6) is 0 Å². The van der Waals surface area contributed by atoms with Crippen molar-refractivity contribution in [2.45, 2.75) is 61.7 Å². The Balaban J connectivity index is 1.43. The maximum atomic E-state index is 12.4. The van der Waals surface area contributed by atoms with Crippen LogP contribution in [0.1, 0.15) is 56.0 Å². The van der Waals surface area contributed by atoms with Crippen LogP contribution in [0, 0.1) is 11.3 Å². The highest BCUT2D eigenvalue weighted by atomic mass is 32.2. The minimum Gasteiger partial charge on any atom is -0.467 e. The number of aromatic nitrogens is 3. The lowest BCUT2D eigenvalue weighted by Gasteiger charge is -2.21. The molecule has 1 N–H and O–H groups in total. The van der Waals surface area contributed by atoms with E-state index in [9.17, 15) is 10.1 Å². The molecule has 2 aromatic heterocycles. The van der Waals surface area contributed by atoms with Crippen LogP contribution in [0.4, 0.5) is 0 Å². The molecule has 0 atom stereocenters. The molecule has 136 valence electrons. The molecular weight excluding hydrogens is 350 g/mol. The Bertz CT molecular complexity index is 813. The molecule has 0 unspecified atom stereocenters. The summed E-state index contributed by atoms with van der Waals surface area (Å²) in [5.41, 5.74) is -0.682. The fourth-order valence-corrected chi connectivity index (χ4v) is 4.18.